The molecule has 1 aliphatic rings. The Labute approximate surface area is 179 Å². The molecule has 0 saturated carbocycles. The lowest BCUT2D eigenvalue weighted by Gasteiger charge is -2.36. The Kier molecular flexibility index (Phi) is 6.33. The maximum absolute atomic E-state index is 13.5. The molecule has 2 heterocycles. The monoisotopic (exact) mass is 433 g/mol. The Balaban J connectivity index is 1.29. The smallest absolute Gasteiger partial charge is 0.123 e. The number of nitrogens with zero attached hydrogens (tertiary/aromatic N) is 5. The fraction of sp³-hybridized carbons (Fsp3) is 0.333. The van der Waals surface area contributed by atoms with Crippen LogP contribution in [0.15, 0.2) is 48.7 Å². The van der Waals surface area contributed by atoms with Gasteiger partial charge in [0.2, 0.25) is 0 Å². The van der Waals surface area contributed by atoms with Crippen molar-refractivity contribution in [1.82, 2.24) is 19.9 Å². The molecular weight excluding hydrogens is 412 g/mol. The van der Waals surface area contributed by atoms with E-state index in [1.165, 1.54) is 12.1 Å². The van der Waals surface area contributed by atoms with E-state index in [9.17, 15) is 4.39 Å². The van der Waals surface area contributed by atoms with E-state index in [-0.39, 0.29) is 5.82 Å². The first-order chi connectivity index (χ1) is 14.1. The summed E-state index contributed by atoms with van der Waals surface area (Å²) in [6.45, 7) is 5.48. The zero-order chi connectivity index (χ0) is 20.2. The summed E-state index contributed by atoms with van der Waals surface area (Å²) in [5.74, 6) is -0.257. The van der Waals surface area contributed by atoms with Crippen molar-refractivity contribution in [2.45, 2.75) is 13.0 Å². The fourth-order valence-corrected chi connectivity index (χ4v) is 4.10. The topological polar surface area (TPSA) is 37.2 Å². The number of hydrogen-bond donors (Lipinski definition) is 0. The lowest BCUT2D eigenvalue weighted by Crippen LogP contribution is -2.46. The fourth-order valence-electron chi connectivity index (χ4n) is 3.69. The normalized spacial score (nSPS) is 15.1. The number of halogens is 3. The maximum atomic E-state index is 13.5. The second-order valence-electron chi connectivity index (χ2n) is 7.11. The van der Waals surface area contributed by atoms with Gasteiger partial charge >= 0.3 is 0 Å². The molecule has 29 heavy (non-hydrogen) atoms. The van der Waals surface area contributed by atoms with Crippen molar-refractivity contribution in [3.05, 3.63) is 64.5 Å². The molecule has 0 spiro atoms. The number of benzene rings is 2. The van der Waals surface area contributed by atoms with Crippen LogP contribution >= 0.6 is 23.2 Å². The van der Waals surface area contributed by atoms with Gasteiger partial charge in [-0.25, -0.2) is 9.07 Å². The van der Waals surface area contributed by atoms with Gasteiger partial charge in [0.15, 0.2) is 0 Å². The Morgan fingerprint density at radius 2 is 1.76 bits per heavy atom. The standard InChI is InChI=1S/C21H22Cl2FN5/c22-18-6-2-7-19(21(18)23)28-12-10-27(11-13-28)8-3-9-29-20(15-25-26-29)16-4-1-5-17(24)14-16/h1-2,4-7,14-15H,3,8-13H2. The molecule has 0 aliphatic carbocycles. The van der Waals surface area contributed by atoms with Crippen LogP contribution in [-0.2, 0) is 6.54 Å². The SMILES string of the molecule is Fc1cccc(-c2cnnn2CCCN2CCN(c3cccc(Cl)c3Cl)CC2)c1. The highest BCUT2D eigenvalue weighted by Crippen LogP contribution is 2.32. The minimum absolute atomic E-state index is 0.257. The van der Waals surface area contributed by atoms with Crippen molar-refractivity contribution in [1.29, 1.82) is 0 Å². The summed E-state index contributed by atoms with van der Waals surface area (Å²) in [6, 6.07) is 12.3. The number of aromatic nitrogens is 3. The molecule has 0 amide bonds. The molecule has 0 atom stereocenters. The van der Waals surface area contributed by atoms with Crippen molar-refractivity contribution in [2.75, 3.05) is 37.6 Å². The molecule has 1 aromatic heterocycles. The predicted octanol–water partition coefficient (Wildman–Crippen LogP) is 4.60. The number of aryl methyl sites for hydroxylation is 1. The molecule has 3 aromatic rings. The average Bonchev–Trinajstić information content (AvgIpc) is 3.19. The first-order valence-electron chi connectivity index (χ1n) is 9.67. The third kappa shape index (κ3) is 4.71. The Bertz CT molecular complexity index is 969. The molecular formula is C21H22Cl2FN5. The van der Waals surface area contributed by atoms with Gasteiger partial charge in [-0.1, -0.05) is 46.6 Å². The summed E-state index contributed by atoms with van der Waals surface area (Å²) in [7, 11) is 0. The number of rotatable bonds is 6. The van der Waals surface area contributed by atoms with Gasteiger partial charge in [0.1, 0.15) is 5.82 Å². The quantitative estimate of drug-likeness (QED) is 0.568. The molecule has 0 bridgehead atoms. The molecule has 8 heteroatoms. The molecule has 4 rings (SSSR count). The van der Waals surface area contributed by atoms with E-state index >= 15 is 0 Å². The minimum Gasteiger partial charge on any atom is -0.368 e. The van der Waals surface area contributed by atoms with Crippen molar-refractivity contribution < 1.29 is 4.39 Å². The van der Waals surface area contributed by atoms with E-state index in [1.807, 2.05) is 28.9 Å². The van der Waals surface area contributed by atoms with Crippen LogP contribution in [0.5, 0.6) is 0 Å². The first kappa shape index (κ1) is 20.1. The highest BCUT2D eigenvalue weighted by atomic mass is 35.5. The Hall–Kier alpha value is -2.15. The molecule has 0 N–H and O–H groups in total. The van der Waals surface area contributed by atoms with E-state index in [0.29, 0.717) is 10.0 Å². The van der Waals surface area contributed by atoms with E-state index in [1.54, 1.807) is 12.3 Å². The van der Waals surface area contributed by atoms with Gasteiger partial charge in [-0.2, -0.15) is 0 Å². The van der Waals surface area contributed by atoms with Gasteiger partial charge in [0, 0.05) is 44.8 Å². The second kappa shape index (κ2) is 9.11. The van der Waals surface area contributed by atoms with Crippen LogP contribution < -0.4 is 4.90 Å². The lowest BCUT2D eigenvalue weighted by atomic mass is 10.1. The van der Waals surface area contributed by atoms with E-state index < -0.39 is 0 Å². The summed E-state index contributed by atoms with van der Waals surface area (Å²) in [6.07, 6.45) is 2.63. The molecule has 5 nitrogen and oxygen atoms in total. The van der Waals surface area contributed by atoms with Crippen LogP contribution in [0.25, 0.3) is 11.3 Å². The predicted molar refractivity (Wildman–Crippen MR) is 115 cm³/mol. The van der Waals surface area contributed by atoms with Crippen molar-refractivity contribution >= 4 is 28.9 Å². The first-order valence-corrected chi connectivity index (χ1v) is 10.4. The van der Waals surface area contributed by atoms with Gasteiger partial charge in [-0.05, 0) is 30.7 Å². The third-order valence-corrected chi connectivity index (χ3v) is 6.04. The number of anilines is 1. The lowest BCUT2D eigenvalue weighted by molar-refractivity contribution is 0.249. The molecule has 2 aromatic carbocycles. The van der Waals surface area contributed by atoms with Crippen molar-refractivity contribution in [2.24, 2.45) is 0 Å². The zero-order valence-corrected chi connectivity index (χ0v) is 17.5. The summed E-state index contributed by atoms with van der Waals surface area (Å²) < 4.78 is 15.4. The van der Waals surface area contributed by atoms with Crippen molar-refractivity contribution in [3.63, 3.8) is 0 Å². The van der Waals surface area contributed by atoms with E-state index in [4.69, 9.17) is 23.2 Å². The van der Waals surface area contributed by atoms with Crippen LogP contribution in [0.1, 0.15) is 6.42 Å². The Morgan fingerprint density at radius 1 is 0.966 bits per heavy atom. The van der Waals surface area contributed by atoms with Gasteiger partial charge in [0.25, 0.3) is 0 Å². The van der Waals surface area contributed by atoms with Gasteiger partial charge < -0.3 is 4.90 Å². The van der Waals surface area contributed by atoms with E-state index in [2.05, 4.69) is 20.1 Å². The van der Waals surface area contributed by atoms with Gasteiger partial charge in [-0.3, -0.25) is 4.90 Å². The van der Waals surface area contributed by atoms with Crippen LogP contribution in [0, 0.1) is 5.82 Å². The third-order valence-electron chi connectivity index (χ3n) is 5.23. The summed E-state index contributed by atoms with van der Waals surface area (Å²) in [4.78, 5) is 4.72. The summed E-state index contributed by atoms with van der Waals surface area (Å²) in [5.41, 5.74) is 2.63. The summed E-state index contributed by atoms with van der Waals surface area (Å²) >= 11 is 12.5. The second-order valence-corrected chi connectivity index (χ2v) is 7.89. The number of piperazine rings is 1. The molecule has 0 radical (unpaired) electrons. The minimum atomic E-state index is -0.257. The molecule has 152 valence electrons. The van der Waals surface area contributed by atoms with E-state index in [0.717, 1.165) is 62.6 Å². The molecule has 1 saturated heterocycles. The van der Waals surface area contributed by atoms with Crippen LogP contribution in [0.2, 0.25) is 10.0 Å². The zero-order valence-electron chi connectivity index (χ0n) is 15.9. The van der Waals surface area contributed by atoms with Crippen LogP contribution in [0.3, 0.4) is 0 Å². The highest BCUT2D eigenvalue weighted by molar-refractivity contribution is 6.43. The maximum Gasteiger partial charge on any atom is 0.123 e. The van der Waals surface area contributed by atoms with Crippen LogP contribution in [-0.4, -0.2) is 52.6 Å². The average molecular weight is 434 g/mol. The molecule has 1 fully saturated rings. The molecule has 0 unspecified atom stereocenters. The Morgan fingerprint density at radius 3 is 2.55 bits per heavy atom. The van der Waals surface area contributed by atoms with Gasteiger partial charge in [0.05, 0.1) is 27.6 Å². The van der Waals surface area contributed by atoms with Crippen molar-refractivity contribution in [3.8, 4) is 11.3 Å². The van der Waals surface area contributed by atoms with Crippen LogP contribution in [0.4, 0.5) is 10.1 Å². The number of hydrogen-bond acceptors (Lipinski definition) is 4. The molecule has 1 aliphatic heterocycles. The summed E-state index contributed by atoms with van der Waals surface area (Å²) in [5, 5.41) is 9.38. The van der Waals surface area contributed by atoms with Gasteiger partial charge in [-0.15, -0.1) is 5.10 Å². The largest absolute Gasteiger partial charge is 0.368 e. The highest BCUT2D eigenvalue weighted by Gasteiger charge is 2.19.